The molecule has 0 spiro atoms. The molecule has 2 heterocycles. The van der Waals surface area contributed by atoms with Crippen molar-refractivity contribution < 1.29 is 13.8 Å². The molecule has 0 atom stereocenters. The molecule has 0 bridgehead atoms. The highest BCUT2D eigenvalue weighted by Gasteiger charge is 2.23. The molecule has 0 radical (unpaired) electrons. The van der Waals surface area contributed by atoms with Gasteiger partial charge in [0.05, 0.1) is 0 Å². The van der Waals surface area contributed by atoms with E-state index in [2.05, 4.69) is 5.32 Å². The van der Waals surface area contributed by atoms with E-state index in [0.717, 1.165) is 12.1 Å². The molecule has 0 fully saturated rings. The standard InChI is InChI=1S/C8H10FN3O/c9-2-4-11-5-7-1-3-10-8(13)12(7)6-11/h5-6H,1-4H2/p+1. The summed E-state index contributed by atoms with van der Waals surface area (Å²) in [6.07, 6.45) is 4.26. The van der Waals surface area contributed by atoms with Crippen LogP contribution in [0, 0.1) is 0 Å². The fourth-order valence-corrected chi connectivity index (χ4v) is 1.48. The zero-order valence-electron chi connectivity index (χ0n) is 7.16. The first-order valence-electron chi connectivity index (χ1n) is 4.26. The van der Waals surface area contributed by atoms with Crippen molar-refractivity contribution in [3.63, 3.8) is 0 Å². The monoisotopic (exact) mass is 184 g/mol. The van der Waals surface area contributed by atoms with Gasteiger partial charge in [-0.3, -0.25) is 0 Å². The van der Waals surface area contributed by atoms with Crippen LogP contribution in [0.2, 0.25) is 0 Å². The van der Waals surface area contributed by atoms with Crippen LogP contribution in [-0.4, -0.2) is 23.8 Å². The number of alkyl halides is 1. The van der Waals surface area contributed by atoms with Gasteiger partial charge in [0.1, 0.15) is 19.4 Å². The fourth-order valence-electron chi connectivity index (χ4n) is 1.48. The number of halogens is 1. The quantitative estimate of drug-likeness (QED) is 0.638. The molecule has 1 aliphatic rings. The van der Waals surface area contributed by atoms with Gasteiger partial charge in [-0.25, -0.2) is 13.8 Å². The molecule has 1 amide bonds. The molecule has 2 rings (SSSR count). The third-order valence-electron chi connectivity index (χ3n) is 2.11. The highest BCUT2D eigenvalue weighted by Crippen LogP contribution is 2.02. The molecule has 13 heavy (non-hydrogen) atoms. The molecule has 0 saturated carbocycles. The minimum Gasteiger partial charge on any atom is -0.317 e. The van der Waals surface area contributed by atoms with Gasteiger partial charge in [0.2, 0.25) is 0 Å². The molecule has 5 heteroatoms. The first-order chi connectivity index (χ1) is 6.31. The number of carbonyl (C=O) groups is 1. The van der Waals surface area contributed by atoms with Gasteiger partial charge in [0.15, 0.2) is 5.69 Å². The number of fused-ring (bicyclic) bond motifs is 1. The lowest BCUT2D eigenvalue weighted by atomic mass is 10.3. The first-order valence-corrected chi connectivity index (χ1v) is 4.26. The third-order valence-corrected chi connectivity index (χ3v) is 2.11. The Balaban J connectivity index is 2.31. The predicted molar refractivity (Wildman–Crippen MR) is 43.1 cm³/mol. The number of hydrogen-bond acceptors (Lipinski definition) is 1. The molecule has 70 valence electrons. The largest absolute Gasteiger partial charge is 0.413 e. The van der Waals surface area contributed by atoms with Gasteiger partial charge in [-0.1, -0.05) is 0 Å². The Labute approximate surface area is 75.0 Å². The Morgan fingerprint density at radius 1 is 1.69 bits per heavy atom. The number of nitrogens with zero attached hydrogens (tertiary/aromatic N) is 2. The number of imidazole rings is 1. The van der Waals surface area contributed by atoms with E-state index in [-0.39, 0.29) is 6.03 Å². The van der Waals surface area contributed by atoms with E-state index in [9.17, 15) is 9.18 Å². The number of aryl methyl sites for hydroxylation is 1. The van der Waals surface area contributed by atoms with E-state index in [0.29, 0.717) is 13.1 Å². The lowest BCUT2D eigenvalue weighted by Gasteiger charge is -2.07. The molecule has 4 nitrogen and oxygen atoms in total. The SMILES string of the molecule is O=C1NCCc2c[n+](CCF)cn21. The topological polar surface area (TPSA) is 37.9 Å². The Morgan fingerprint density at radius 2 is 2.54 bits per heavy atom. The minimum absolute atomic E-state index is 0.126. The fraction of sp³-hybridized carbons (Fsp3) is 0.500. The first kappa shape index (κ1) is 8.22. The Kier molecular flexibility index (Phi) is 2.00. The van der Waals surface area contributed by atoms with Crippen LogP contribution in [0.4, 0.5) is 9.18 Å². The van der Waals surface area contributed by atoms with Crippen LogP contribution < -0.4 is 9.88 Å². The van der Waals surface area contributed by atoms with E-state index in [1.54, 1.807) is 10.9 Å². The maximum Gasteiger partial charge on any atom is 0.413 e. The van der Waals surface area contributed by atoms with Crippen molar-refractivity contribution in [1.29, 1.82) is 0 Å². The van der Waals surface area contributed by atoms with Crippen LogP contribution in [0.3, 0.4) is 0 Å². The van der Waals surface area contributed by atoms with Crippen LogP contribution >= 0.6 is 0 Å². The maximum absolute atomic E-state index is 12.0. The van der Waals surface area contributed by atoms with Gasteiger partial charge < -0.3 is 5.32 Å². The Morgan fingerprint density at radius 3 is 3.23 bits per heavy atom. The normalized spacial score (nSPS) is 15.3. The lowest BCUT2D eigenvalue weighted by molar-refractivity contribution is -0.696. The van der Waals surface area contributed by atoms with Gasteiger partial charge in [0.25, 0.3) is 6.33 Å². The second-order valence-corrected chi connectivity index (χ2v) is 3.01. The molecule has 0 aromatic carbocycles. The molecular weight excluding hydrogens is 173 g/mol. The van der Waals surface area contributed by atoms with Crippen LogP contribution in [-0.2, 0) is 13.0 Å². The van der Waals surface area contributed by atoms with E-state index in [1.165, 1.54) is 4.57 Å². The number of aromatic nitrogens is 2. The predicted octanol–water partition coefficient (Wildman–Crippen LogP) is -0.141. The summed E-state index contributed by atoms with van der Waals surface area (Å²) in [7, 11) is 0. The van der Waals surface area contributed by atoms with E-state index in [1.807, 2.05) is 6.20 Å². The zero-order chi connectivity index (χ0) is 9.26. The third kappa shape index (κ3) is 1.41. The van der Waals surface area contributed by atoms with Crippen LogP contribution in [0.25, 0.3) is 0 Å². The van der Waals surface area contributed by atoms with Crippen LogP contribution in [0.15, 0.2) is 12.5 Å². The van der Waals surface area contributed by atoms with Gasteiger partial charge in [-0.2, -0.15) is 0 Å². The summed E-state index contributed by atoms with van der Waals surface area (Å²) < 4.78 is 15.2. The molecule has 0 unspecified atom stereocenters. The number of carbonyl (C=O) groups excluding carboxylic acids is 1. The average Bonchev–Trinajstić information content (AvgIpc) is 2.49. The van der Waals surface area contributed by atoms with Crippen molar-refractivity contribution in [2.75, 3.05) is 13.2 Å². The second-order valence-electron chi connectivity index (χ2n) is 3.01. The van der Waals surface area contributed by atoms with Crippen molar-refractivity contribution in [2.45, 2.75) is 13.0 Å². The Bertz CT molecular complexity index is 334. The minimum atomic E-state index is -0.407. The van der Waals surface area contributed by atoms with Crippen molar-refractivity contribution in [3.8, 4) is 0 Å². The van der Waals surface area contributed by atoms with Crippen molar-refractivity contribution in [1.82, 2.24) is 9.88 Å². The second kappa shape index (κ2) is 3.16. The Hall–Kier alpha value is -1.39. The summed E-state index contributed by atoms with van der Waals surface area (Å²) in [6, 6.07) is -0.126. The molecule has 0 aliphatic carbocycles. The summed E-state index contributed by atoms with van der Waals surface area (Å²) in [5.74, 6) is 0. The van der Waals surface area contributed by atoms with Crippen LogP contribution in [0.5, 0.6) is 0 Å². The van der Waals surface area contributed by atoms with Crippen LogP contribution in [0.1, 0.15) is 5.69 Å². The molecule has 1 N–H and O–H groups in total. The molecule has 0 saturated heterocycles. The van der Waals surface area contributed by atoms with E-state index < -0.39 is 6.67 Å². The van der Waals surface area contributed by atoms with Crippen molar-refractivity contribution in [2.24, 2.45) is 0 Å². The van der Waals surface area contributed by atoms with Gasteiger partial charge in [-0.05, 0) is 0 Å². The number of nitrogens with one attached hydrogen (secondary N) is 1. The summed E-state index contributed by atoms with van der Waals surface area (Å²) in [5.41, 5.74) is 0.942. The van der Waals surface area contributed by atoms with Gasteiger partial charge in [-0.15, -0.1) is 4.57 Å². The molecular formula is C8H11FN3O+. The zero-order valence-corrected chi connectivity index (χ0v) is 7.16. The molecule has 1 aromatic rings. The smallest absolute Gasteiger partial charge is 0.317 e. The average molecular weight is 184 g/mol. The van der Waals surface area contributed by atoms with Crippen molar-refractivity contribution in [3.05, 3.63) is 18.2 Å². The summed E-state index contributed by atoms with van der Waals surface area (Å²) in [6.45, 7) is 0.571. The van der Waals surface area contributed by atoms with E-state index in [4.69, 9.17) is 0 Å². The maximum atomic E-state index is 12.0. The van der Waals surface area contributed by atoms with Crippen molar-refractivity contribution >= 4 is 6.03 Å². The van der Waals surface area contributed by atoms with Gasteiger partial charge >= 0.3 is 6.03 Å². The number of hydrogen-bond donors (Lipinski definition) is 1. The van der Waals surface area contributed by atoms with Gasteiger partial charge in [0, 0.05) is 13.0 Å². The highest BCUT2D eigenvalue weighted by atomic mass is 19.1. The van der Waals surface area contributed by atoms with E-state index >= 15 is 0 Å². The highest BCUT2D eigenvalue weighted by molar-refractivity contribution is 5.77. The summed E-state index contributed by atoms with van der Waals surface area (Å²) in [5, 5.41) is 2.71. The molecule has 1 aliphatic heterocycles. The number of rotatable bonds is 2. The lowest BCUT2D eigenvalue weighted by Crippen LogP contribution is -2.37. The summed E-state index contributed by atoms with van der Waals surface area (Å²) >= 11 is 0. The number of amides is 1. The summed E-state index contributed by atoms with van der Waals surface area (Å²) in [4.78, 5) is 11.2. The molecule has 1 aromatic heterocycles.